The van der Waals surface area contributed by atoms with Gasteiger partial charge in [0.25, 0.3) is 5.91 Å². The molecule has 0 spiro atoms. The number of hydrogen-bond acceptors (Lipinski definition) is 4. The van der Waals surface area contributed by atoms with E-state index >= 15 is 0 Å². The van der Waals surface area contributed by atoms with Gasteiger partial charge in [0.2, 0.25) is 0 Å². The lowest BCUT2D eigenvalue weighted by atomic mass is 10.2. The normalized spacial score (nSPS) is 14.8. The van der Waals surface area contributed by atoms with Crippen LogP contribution in [0, 0.1) is 0 Å². The van der Waals surface area contributed by atoms with Crippen molar-refractivity contribution in [3.05, 3.63) is 72.6 Å². The summed E-state index contributed by atoms with van der Waals surface area (Å²) in [4.78, 5) is 17.6. The number of para-hydroxylation sites is 3. The van der Waals surface area contributed by atoms with Gasteiger partial charge < -0.3 is 15.1 Å². The Kier molecular flexibility index (Phi) is 5.39. The van der Waals surface area contributed by atoms with Crippen LogP contribution in [0.1, 0.15) is 17.3 Å². The molecule has 1 aliphatic rings. The van der Waals surface area contributed by atoms with Crippen LogP contribution in [0.25, 0.3) is 5.69 Å². The molecule has 6 nitrogen and oxygen atoms in total. The van der Waals surface area contributed by atoms with Crippen LogP contribution in [0.2, 0.25) is 0 Å². The number of carbonyl (C=O) groups is 1. The third-order valence-electron chi connectivity index (χ3n) is 5.18. The number of amides is 1. The molecule has 3 aromatic rings. The molecule has 0 unspecified atom stereocenters. The summed E-state index contributed by atoms with van der Waals surface area (Å²) in [6, 6.07) is 17.8. The molecule has 2 aromatic carbocycles. The number of aromatic nitrogens is 2. The number of nitrogens with one attached hydrogen (secondary N) is 1. The van der Waals surface area contributed by atoms with Gasteiger partial charge in [-0.2, -0.15) is 5.10 Å². The predicted molar refractivity (Wildman–Crippen MR) is 112 cm³/mol. The van der Waals surface area contributed by atoms with E-state index < -0.39 is 0 Å². The Morgan fingerprint density at radius 2 is 1.71 bits per heavy atom. The highest BCUT2D eigenvalue weighted by Gasteiger charge is 2.19. The van der Waals surface area contributed by atoms with Crippen molar-refractivity contribution in [2.75, 3.05) is 42.9 Å². The maximum absolute atomic E-state index is 12.8. The Morgan fingerprint density at radius 1 is 1.00 bits per heavy atom. The molecule has 2 heterocycles. The van der Waals surface area contributed by atoms with Crippen molar-refractivity contribution < 1.29 is 4.79 Å². The summed E-state index contributed by atoms with van der Waals surface area (Å²) in [6.07, 6.45) is 3.36. The molecule has 0 bridgehead atoms. The van der Waals surface area contributed by atoms with Gasteiger partial charge >= 0.3 is 0 Å². The van der Waals surface area contributed by atoms with Crippen molar-refractivity contribution in [2.45, 2.75) is 6.92 Å². The van der Waals surface area contributed by atoms with Crippen molar-refractivity contribution >= 4 is 17.3 Å². The van der Waals surface area contributed by atoms with Gasteiger partial charge in [0.05, 0.1) is 28.8 Å². The van der Waals surface area contributed by atoms with Gasteiger partial charge in [0, 0.05) is 32.4 Å². The van der Waals surface area contributed by atoms with Gasteiger partial charge in [-0.05, 0) is 30.8 Å². The molecular weight excluding hydrogens is 350 g/mol. The van der Waals surface area contributed by atoms with Crippen LogP contribution in [-0.4, -0.2) is 53.3 Å². The monoisotopic (exact) mass is 375 g/mol. The van der Waals surface area contributed by atoms with Crippen LogP contribution in [0.4, 0.5) is 11.4 Å². The first kappa shape index (κ1) is 18.3. The second kappa shape index (κ2) is 8.27. The van der Waals surface area contributed by atoms with E-state index in [9.17, 15) is 4.79 Å². The van der Waals surface area contributed by atoms with Crippen LogP contribution in [0.15, 0.2) is 67.0 Å². The molecule has 0 aliphatic carbocycles. The summed E-state index contributed by atoms with van der Waals surface area (Å²) in [5.41, 5.74) is 3.37. The molecule has 28 heavy (non-hydrogen) atoms. The Balaban J connectivity index is 1.49. The molecule has 1 saturated heterocycles. The Bertz CT molecular complexity index is 929. The van der Waals surface area contributed by atoms with E-state index in [4.69, 9.17) is 0 Å². The van der Waals surface area contributed by atoms with E-state index in [0.717, 1.165) is 49.8 Å². The number of piperazine rings is 1. The van der Waals surface area contributed by atoms with Gasteiger partial charge in [0.15, 0.2) is 0 Å². The van der Waals surface area contributed by atoms with Crippen molar-refractivity contribution in [3.8, 4) is 5.69 Å². The summed E-state index contributed by atoms with van der Waals surface area (Å²) in [5, 5.41) is 7.39. The number of rotatable bonds is 5. The Labute approximate surface area is 165 Å². The SMILES string of the molecule is CCN1CCN(c2ccccc2NC(=O)c2cnn(-c3ccccc3)c2)CC1. The van der Waals surface area contributed by atoms with E-state index in [1.54, 1.807) is 17.1 Å². The maximum Gasteiger partial charge on any atom is 0.258 e. The van der Waals surface area contributed by atoms with Crippen molar-refractivity contribution in [1.82, 2.24) is 14.7 Å². The van der Waals surface area contributed by atoms with Gasteiger partial charge in [-0.1, -0.05) is 37.3 Å². The third-order valence-corrected chi connectivity index (χ3v) is 5.18. The highest BCUT2D eigenvalue weighted by Crippen LogP contribution is 2.27. The molecule has 0 radical (unpaired) electrons. The first-order valence-electron chi connectivity index (χ1n) is 9.72. The molecule has 0 saturated carbocycles. The Morgan fingerprint density at radius 3 is 2.46 bits per heavy atom. The van der Waals surface area contributed by atoms with Crippen molar-refractivity contribution in [3.63, 3.8) is 0 Å². The summed E-state index contributed by atoms with van der Waals surface area (Å²) in [7, 11) is 0. The summed E-state index contributed by atoms with van der Waals surface area (Å²) < 4.78 is 1.71. The number of benzene rings is 2. The van der Waals surface area contributed by atoms with Crippen LogP contribution in [0.5, 0.6) is 0 Å². The molecule has 1 amide bonds. The van der Waals surface area contributed by atoms with Crippen LogP contribution < -0.4 is 10.2 Å². The van der Waals surface area contributed by atoms with Crippen molar-refractivity contribution in [1.29, 1.82) is 0 Å². The van der Waals surface area contributed by atoms with Gasteiger partial charge in [-0.15, -0.1) is 0 Å². The highest BCUT2D eigenvalue weighted by molar-refractivity contribution is 6.05. The summed E-state index contributed by atoms with van der Waals surface area (Å²) in [5.74, 6) is -0.151. The summed E-state index contributed by atoms with van der Waals surface area (Å²) in [6.45, 7) is 7.29. The smallest absolute Gasteiger partial charge is 0.258 e. The van der Waals surface area contributed by atoms with Gasteiger partial charge in [-0.3, -0.25) is 4.79 Å². The lowest BCUT2D eigenvalue weighted by molar-refractivity contribution is 0.102. The molecule has 4 rings (SSSR count). The minimum atomic E-state index is -0.151. The fourth-order valence-corrected chi connectivity index (χ4v) is 3.52. The van der Waals surface area contributed by atoms with Gasteiger partial charge in [-0.25, -0.2) is 4.68 Å². The lowest BCUT2D eigenvalue weighted by Gasteiger charge is -2.36. The first-order valence-corrected chi connectivity index (χ1v) is 9.72. The number of hydrogen-bond donors (Lipinski definition) is 1. The van der Waals surface area contributed by atoms with E-state index in [2.05, 4.69) is 33.2 Å². The molecule has 1 aliphatic heterocycles. The number of nitrogens with zero attached hydrogens (tertiary/aromatic N) is 4. The molecule has 1 aromatic heterocycles. The predicted octanol–water partition coefficient (Wildman–Crippen LogP) is 3.27. The maximum atomic E-state index is 12.8. The third kappa shape index (κ3) is 3.92. The zero-order chi connectivity index (χ0) is 19.3. The lowest BCUT2D eigenvalue weighted by Crippen LogP contribution is -2.46. The van der Waals surface area contributed by atoms with Crippen LogP contribution in [-0.2, 0) is 0 Å². The molecule has 144 valence electrons. The topological polar surface area (TPSA) is 53.4 Å². The Hall–Kier alpha value is -3.12. The quantitative estimate of drug-likeness (QED) is 0.744. The molecule has 6 heteroatoms. The van der Waals surface area contributed by atoms with Crippen molar-refractivity contribution in [2.24, 2.45) is 0 Å². The first-order chi connectivity index (χ1) is 13.7. The number of anilines is 2. The minimum absolute atomic E-state index is 0.151. The second-order valence-electron chi connectivity index (χ2n) is 6.90. The zero-order valence-corrected chi connectivity index (χ0v) is 16.1. The molecule has 0 atom stereocenters. The fraction of sp³-hybridized carbons (Fsp3) is 0.273. The second-order valence-corrected chi connectivity index (χ2v) is 6.90. The van der Waals surface area contributed by atoms with Crippen LogP contribution >= 0.6 is 0 Å². The molecule has 1 fully saturated rings. The number of carbonyl (C=O) groups excluding carboxylic acids is 1. The average molecular weight is 375 g/mol. The van der Waals surface area contributed by atoms with E-state index in [1.165, 1.54) is 0 Å². The standard InChI is InChI=1S/C22H25N5O/c1-2-25-12-14-26(15-13-25)21-11-7-6-10-20(21)24-22(28)18-16-23-27(17-18)19-8-4-3-5-9-19/h3-11,16-17H,2,12-15H2,1H3,(H,24,28). The highest BCUT2D eigenvalue weighted by atomic mass is 16.1. The average Bonchev–Trinajstić information content (AvgIpc) is 3.25. The largest absolute Gasteiger partial charge is 0.367 e. The fourth-order valence-electron chi connectivity index (χ4n) is 3.52. The molecule has 1 N–H and O–H groups in total. The zero-order valence-electron chi connectivity index (χ0n) is 16.1. The number of likely N-dealkylation sites (N-methyl/N-ethyl adjacent to an activating group) is 1. The minimum Gasteiger partial charge on any atom is -0.367 e. The van der Waals surface area contributed by atoms with E-state index in [0.29, 0.717) is 5.56 Å². The van der Waals surface area contributed by atoms with Gasteiger partial charge in [0.1, 0.15) is 0 Å². The summed E-state index contributed by atoms with van der Waals surface area (Å²) >= 11 is 0. The van der Waals surface area contributed by atoms with E-state index in [-0.39, 0.29) is 5.91 Å². The van der Waals surface area contributed by atoms with E-state index in [1.807, 2.05) is 48.5 Å². The van der Waals surface area contributed by atoms with Crippen LogP contribution in [0.3, 0.4) is 0 Å². The molecular formula is C22H25N5O.